The van der Waals surface area contributed by atoms with E-state index in [2.05, 4.69) is 9.71 Å². The molecule has 0 aromatic carbocycles. The molecule has 0 spiro atoms. The first-order valence-corrected chi connectivity index (χ1v) is 6.83. The van der Waals surface area contributed by atoms with Gasteiger partial charge in [0, 0.05) is 13.1 Å². The highest BCUT2D eigenvalue weighted by Gasteiger charge is 2.29. The predicted molar refractivity (Wildman–Crippen MR) is 66.9 cm³/mol. The smallest absolute Gasteiger partial charge is 0.260 e. The van der Waals surface area contributed by atoms with Crippen molar-refractivity contribution in [1.82, 2.24) is 14.3 Å². The molecule has 1 aromatic rings. The number of sulfonamides is 1. The Balaban J connectivity index is 3.07. The van der Waals surface area contributed by atoms with Gasteiger partial charge in [-0.2, -0.15) is 0 Å². The van der Waals surface area contributed by atoms with Gasteiger partial charge in [0.15, 0.2) is 10.8 Å². The van der Waals surface area contributed by atoms with Crippen molar-refractivity contribution in [3.63, 3.8) is 0 Å². The predicted octanol–water partition coefficient (Wildman–Crippen LogP) is 0.715. The molecule has 0 bridgehead atoms. The third-order valence-electron chi connectivity index (χ3n) is 2.79. The first-order chi connectivity index (χ1) is 7.55. The maximum atomic E-state index is 12.1. The van der Waals surface area contributed by atoms with E-state index in [0.29, 0.717) is 0 Å². The number of nitrogens with zero attached hydrogens (tertiary/aromatic N) is 2. The summed E-state index contributed by atoms with van der Waals surface area (Å²) in [6.07, 6.45) is 1.38. The average Bonchev–Trinajstić information content (AvgIpc) is 2.43. The van der Waals surface area contributed by atoms with Crippen molar-refractivity contribution in [2.45, 2.75) is 38.8 Å². The second kappa shape index (κ2) is 4.30. The number of anilines is 1. The molecule has 17 heavy (non-hydrogen) atoms. The highest BCUT2D eigenvalue weighted by molar-refractivity contribution is 7.89. The molecule has 0 aliphatic rings. The molecule has 6 nitrogen and oxygen atoms in total. The van der Waals surface area contributed by atoms with Crippen molar-refractivity contribution in [3.05, 3.63) is 6.33 Å². The van der Waals surface area contributed by atoms with Crippen molar-refractivity contribution < 1.29 is 8.42 Å². The fraction of sp³-hybridized carbons (Fsp3) is 0.700. The first kappa shape index (κ1) is 14.0. The molecule has 1 unspecified atom stereocenters. The zero-order chi connectivity index (χ0) is 13.4. The number of aryl methyl sites for hydroxylation is 1. The van der Waals surface area contributed by atoms with E-state index >= 15 is 0 Å². The van der Waals surface area contributed by atoms with Crippen LogP contribution in [0.25, 0.3) is 0 Å². The van der Waals surface area contributed by atoms with Gasteiger partial charge in [-0.25, -0.2) is 18.1 Å². The Kier molecular flexibility index (Phi) is 3.54. The number of nitrogen functional groups attached to an aromatic ring is 1. The average molecular weight is 260 g/mol. The van der Waals surface area contributed by atoms with Gasteiger partial charge in [-0.05, 0) is 12.3 Å². The van der Waals surface area contributed by atoms with E-state index in [0.717, 1.165) is 0 Å². The molecule has 0 aliphatic carbocycles. The molecule has 0 radical (unpaired) electrons. The van der Waals surface area contributed by atoms with Crippen LogP contribution in [0, 0.1) is 5.41 Å². The lowest BCUT2D eigenvalue weighted by molar-refractivity contribution is 0.317. The lowest BCUT2D eigenvalue weighted by Crippen LogP contribution is -2.42. The molecule has 0 saturated carbocycles. The van der Waals surface area contributed by atoms with Crippen LogP contribution in [0.4, 0.5) is 5.82 Å². The summed E-state index contributed by atoms with van der Waals surface area (Å²) in [7, 11) is -2.04. The van der Waals surface area contributed by atoms with Gasteiger partial charge in [-0.15, -0.1) is 0 Å². The van der Waals surface area contributed by atoms with E-state index in [1.54, 1.807) is 7.05 Å². The van der Waals surface area contributed by atoms with Gasteiger partial charge in [-0.1, -0.05) is 20.8 Å². The Hall–Kier alpha value is -1.08. The number of rotatable bonds is 3. The second-order valence-corrected chi connectivity index (χ2v) is 6.88. The van der Waals surface area contributed by atoms with Crippen LogP contribution in [0.2, 0.25) is 0 Å². The summed E-state index contributed by atoms with van der Waals surface area (Å²) in [6, 6.07) is -0.207. The van der Waals surface area contributed by atoms with Crippen molar-refractivity contribution in [1.29, 1.82) is 0 Å². The van der Waals surface area contributed by atoms with Crippen LogP contribution in [0.5, 0.6) is 0 Å². The number of aromatic nitrogens is 2. The Labute approximate surface area is 102 Å². The summed E-state index contributed by atoms with van der Waals surface area (Å²) in [5.41, 5.74) is 5.39. The fourth-order valence-electron chi connectivity index (χ4n) is 1.23. The molecule has 1 rings (SSSR count). The van der Waals surface area contributed by atoms with Crippen LogP contribution < -0.4 is 10.5 Å². The van der Waals surface area contributed by atoms with E-state index in [1.807, 2.05) is 27.7 Å². The SMILES string of the molecule is CC(NS(=O)(=O)c1c(N)ncn1C)C(C)(C)C. The minimum atomic E-state index is -3.64. The van der Waals surface area contributed by atoms with Crippen LogP contribution in [0.3, 0.4) is 0 Å². The van der Waals surface area contributed by atoms with E-state index in [9.17, 15) is 8.42 Å². The summed E-state index contributed by atoms with van der Waals surface area (Å²) in [6.45, 7) is 7.72. The van der Waals surface area contributed by atoms with Crippen molar-refractivity contribution in [3.8, 4) is 0 Å². The van der Waals surface area contributed by atoms with Crippen molar-refractivity contribution in [2.75, 3.05) is 5.73 Å². The van der Waals surface area contributed by atoms with Gasteiger partial charge in [-0.3, -0.25) is 0 Å². The summed E-state index contributed by atoms with van der Waals surface area (Å²) in [5.74, 6) is 0.0149. The third kappa shape index (κ3) is 2.98. The largest absolute Gasteiger partial charge is 0.381 e. The second-order valence-electron chi connectivity index (χ2n) is 5.25. The molecule has 0 fully saturated rings. The number of nitrogens with two attached hydrogens (primary N) is 1. The van der Waals surface area contributed by atoms with Gasteiger partial charge >= 0.3 is 0 Å². The number of nitrogens with one attached hydrogen (secondary N) is 1. The molecule has 1 heterocycles. The highest BCUT2D eigenvalue weighted by Crippen LogP contribution is 2.22. The van der Waals surface area contributed by atoms with Crippen molar-refractivity contribution in [2.24, 2.45) is 12.5 Å². The zero-order valence-electron chi connectivity index (χ0n) is 10.9. The van der Waals surface area contributed by atoms with Crippen LogP contribution in [-0.2, 0) is 17.1 Å². The molecule has 3 N–H and O–H groups in total. The Morgan fingerprint density at radius 2 is 2.00 bits per heavy atom. The van der Waals surface area contributed by atoms with Crippen molar-refractivity contribution >= 4 is 15.8 Å². The standard InChI is InChI=1S/C10H20N4O2S/c1-7(10(2,3)4)13-17(15,16)9-8(11)12-6-14(9)5/h6-7,13H,11H2,1-5H3. The van der Waals surface area contributed by atoms with Crippen LogP contribution in [-0.4, -0.2) is 24.0 Å². The number of imidazole rings is 1. The minimum absolute atomic E-state index is 0.00796. The molecular formula is C10H20N4O2S. The first-order valence-electron chi connectivity index (χ1n) is 5.35. The molecule has 7 heteroatoms. The molecule has 1 atom stereocenters. The van der Waals surface area contributed by atoms with Gasteiger partial charge in [0.2, 0.25) is 0 Å². The summed E-state index contributed by atoms with van der Waals surface area (Å²) in [4.78, 5) is 3.77. The summed E-state index contributed by atoms with van der Waals surface area (Å²) < 4.78 is 28.3. The Morgan fingerprint density at radius 3 is 2.35 bits per heavy atom. The molecule has 98 valence electrons. The maximum Gasteiger partial charge on any atom is 0.260 e. The molecule has 1 aromatic heterocycles. The van der Waals surface area contributed by atoms with Crippen LogP contribution in [0.15, 0.2) is 11.4 Å². The van der Waals surface area contributed by atoms with E-state index in [4.69, 9.17) is 5.73 Å². The van der Waals surface area contributed by atoms with Crippen LogP contribution >= 0.6 is 0 Å². The zero-order valence-corrected chi connectivity index (χ0v) is 11.7. The molecule has 0 saturated heterocycles. The topological polar surface area (TPSA) is 90.0 Å². The highest BCUT2D eigenvalue weighted by atomic mass is 32.2. The van der Waals surface area contributed by atoms with E-state index < -0.39 is 10.0 Å². The monoisotopic (exact) mass is 260 g/mol. The minimum Gasteiger partial charge on any atom is -0.381 e. The van der Waals surface area contributed by atoms with Gasteiger partial charge in [0.1, 0.15) is 0 Å². The lowest BCUT2D eigenvalue weighted by atomic mass is 9.89. The Morgan fingerprint density at radius 1 is 1.47 bits per heavy atom. The molecule has 0 amide bonds. The third-order valence-corrected chi connectivity index (χ3v) is 4.47. The normalized spacial score (nSPS) is 14.9. The quantitative estimate of drug-likeness (QED) is 0.837. The van der Waals surface area contributed by atoms with Gasteiger partial charge < -0.3 is 10.3 Å². The maximum absolute atomic E-state index is 12.1. The van der Waals surface area contributed by atoms with E-state index in [-0.39, 0.29) is 22.3 Å². The molecular weight excluding hydrogens is 240 g/mol. The lowest BCUT2D eigenvalue weighted by Gasteiger charge is -2.27. The Bertz CT molecular complexity index is 479. The summed E-state index contributed by atoms with van der Waals surface area (Å²) in [5, 5.41) is 0.00796. The number of hydrogen-bond acceptors (Lipinski definition) is 4. The summed E-state index contributed by atoms with van der Waals surface area (Å²) >= 11 is 0. The van der Waals surface area contributed by atoms with E-state index in [1.165, 1.54) is 10.9 Å². The fourth-order valence-corrected chi connectivity index (χ4v) is 2.91. The van der Waals surface area contributed by atoms with Crippen LogP contribution in [0.1, 0.15) is 27.7 Å². The van der Waals surface area contributed by atoms with Gasteiger partial charge in [0.25, 0.3) is 10.0 Å². The molecule has 0 aliphatic heterocycles. The number of hydrogen-bond donors (Lipinski definition) is 2. The van der Waals surface area contributed by atoms with Gasteiger partial charge in [0.05, 0.1) is 6.33 Å².